The van der Waals surface area contributed by atoms with Crippen molar-refractivity contribution in [2.45, 2.75) is 103 Å². The van der Waals surface area contributed by atoms with Crippen LogP contribution in [0.15, 0.2) is 11.6 Å². The molecule has 0 saturated heterocycles. The van der Waals surface area contributed by atoms with Crippen LogP contribution in [0.2, 0.25) is 0 Å². The first-order chi connectivity index (χ1) is 13.0. The van der Waals surface area contributed by atoms with Crippen molar-refractivity contribution in [1.82, 2.24) is 0 Å². The number of esters is 1. The number of unbranched alkanes of at least 4 members (excludes halogenated alkanes) is 7. The maximum Gasteiger partial charge on any atom is 0.306 e. The Morgan fingerprint density at radius 3 is 2.33 bits per heavy atom. The third-order valence-corrected chi connectivity index (χ3v) is 7.63. The molecule has 1 rings (SSSR count). The molecule has 0 radical (unpaired) electrons. The van der Waals surface area contributed by atoms with E-state index in [4.69, 9.17) is 9.84 Å². The molecule has 0 amide bonds. The Balaban J connectivity index is 2.04. The zero-order valence-corrected chi connectivity index (χ0v) is 18.7. The summed E-state index contributed by atoms with van der Waals surface area (Å²) in [5.41, 5.74) is 1.51. The second kappa shape index (κ2) is 14.5. The zero-order chi connectivity index (χ0) is 20.0. The second-order valence-corrected chi connectivity index (χ2v) is 9.86. The summed E-state index contributed by atoms with van der Waals surface area (Å²) in [7, 11) is 0. The van der Waals surface area contributed by atoms with Gasteiger partial charge in [0, 0.05) is 17.1 Å². The largest absolute Gasteiger partial charge is 0.466 e. The molecule has 0 heterocycles. The summed E-state index contributed by atoms with van der Waals surface area (Å²) in [4.78, 5) is 12.0. The topological polar surface area (TPSA) is 46.5 Å². The Morgan fingerprint density at radius 1 is 1.15 bits per heavy atom. The highest BCUT2D eigenvalue weighted by Crippen LogP contribution is 2.44. The number of allylic oxidation sites excluding steroid dienone is 2. The van der Waals surface area contributed by atoms with Crippen LogP contribution in [0.25, 0.3) is 0 Å². The van der Waals surface area contributed by atoms with E-state index < -0.39 is 0 Å². The van der Waals surface area contributed by atoms with Crippen molar-refractivity contribution >= 4 is 17.7 Å². The summed E-state index contributed by atoms with van der Waals surface area (Å²) in [6.45, 7) is 7.74. The Bertz CT molecular complexity index is 433. The van der Waals surface area contributed by atoms with Crippen LogP contribution in [0.3, 0.4) is 0 Å². The van der Waals surface area contributed by atoms with E-state index in [1.54, 1.807) is 0 Å². The number of hydrogen-bond donors (Lipinski definition) is 1. The van der Waals surface area contributed by atoms with Crippen molar-refractivity contribution in [2.75, 3.05) is 19.0 Å². The third kappa shape index (κ3) is 10.6. The minimum absolute atomic E-state index is 0.0343. The van der Waals surface area contributed by atoms with E-state index in [2.05, 4.69) is 26.8 Å². The molecule has 0 bridgehead atoms. The van der Waals surface area contributed by atoms with Crippen molar-refractivity contribution in [1.29, 1.82) is 0 Å². The quantitative estimate of drug-likeness (QED) is 0.200. The highest BCUT2D eigenvalue weighted by Gasteiger charge is 2.35. The van der Waals surface area contributed by atoms with E-state index in [0.29, 0.717) is 30.3 Å². The van der Waals surface area contributed by atoms with Gasteiger partial charge in [-0.3, -0.25) is 4.79 Å². The normalized spacial score (nSPS) is 20.0. The first kappa shape index (κ1) is 24.6. The first-order valence-corrected chi connectivity index (χ1v) is 12.0. The fourth-order valence-corrected chi connectivity index (χ4v) is 5.11. The van der Waals surface area contributed by atoms with Crippen LogP contribution in [0.5, 0.6) is 0 Å². The number of aliphatic hydroxyl groups excluding tert-OH is 1. The van der Waals surface area contributed by atoms with Gasteiger partial charge in [-0.1, -0.05) is 64.0 Å². The first-order valence-electron chi connectivity index (χ1n) is 11.1. The van der Waals surface area contributed by atoms with Crippen LogP contribution in [0.1, 0.15) is 97.8 Å². The predicted octanol–water partition coefficient (Wildman–Crippen LogP) is 6.29. The van der Waals surface area contributed by atoms with E-state index in [0.717, 1.165) is 37.9 Å². The molecule has 4 heteroatoms. The van der Waals surface area contributed by atoms with Gasteiger partial charge < -0.3 is 9.84 Å². The van der Waals surface area contributed by atoms with Gasteiger partial charge in [0.05, 0.1) is 13.0 Å². The molecular formula is C23H42O3S. The molecule has 1 atom stereocenters. The molecule has 0 aliphatic heterocycles. The van der Waals surface area contributed by atoms with Gasteiger partial charge in [0.2, 0.25) is 0 Å². The molecule has 0 aromatic rings. The molecule has 1 aliphatic carbocycles. The van der Waals surface area contributed by atoms with Crippen LogP contribution < -0.4 is 0 Å². The Morgan fingerprint density at radius 2 is 1.78 bits per heavy atom. The van der Waals surface area contributed by atoms with Gasteiger partial charge in [-0.2, -0.15) is 11.8 Å². The fraction of sp³-hybridized carbons (Fsp3) is 0.870. The Kier molecular flexibility index (Phi) is 13.2. The molecule has 0 aromatic heterocycles. The number of carbonyl (C=O) groups excluding carboxylic acids is 1. The standard InChI is InChI=1S/C23H42O3S/c1-20(2)23(15-12-21(3)13-16-23)27-19-14-22(25)26-18-11-9-7-5-4-6-8-10-17-24/h12,20,24H,4-11,13-19H2,1-3H3. The van der Waals surface area contributed by atoms with Gasteiger partial charge in [0.15, 0.2) is 0 Å². The third-order valence-electron chi connectivity index (χ3n) is 5.80. The molecule has 27 heavy (non-hydrogen) atoms. The van der Waals surface area contributed by atoms with Crippen molar-refractivity contribution < 1.29 is 14.6 Å². The van der Waals surface area contributed by atoms with Crippen LogP contribution in [-0.4, -0.2) is 34.8 Å². The molecule has 0 spiro atoms. The highest BCUT2D eigenvalue weighted by molar-refractivity contribution is 8.00. The SMILES string of the molecule is CC1=CCC(SCCC(=O)OCCCCCCCCCCO)(C(C)C)CC1. The number of carbonyl (C=O) groups is 1. The molecule has 1 aliphatic rings. The fourth-order valence-electron chi connectivity index (χ4n) is 3.65. The van der Waals surface area contributed by atoms with Crippen LogP contribution in [0, 0.1) is 5.92 Å². The van der Waals surface area contributed by atoms with Crippen LogP contribution in [-0.2, 0) is 9.53 Å². The van der Waals surface area contributed by atoms with Gasteiger partial charge in [-0.15, -0.1) is 0 Å². The lowest BCUT2D eigenvalue weighted by Crippen LogP contribution is -2.33. The lowest BCUT2D eigenvalue weighted by molar-refractivity contribution is -0.143. The predicted molar refractivity (Wildman–Crippen MR) is 117 cm³/mol. The van der Waals surface area contributed by atoms with Crippen molar-refractivity contribution in [3.8, 4) is 0 Å². The van der Waals surface area contributed by atoms with E-state index >= 15 is 0 Å². The smallest absolute Gasteiger partial charge is 0.306 e. The maximum atomic E-state index is 12.0. The molecular weight excluding hydrogens is 356 g/mol. The monoisotopic (exact) mass is 398 g/mol. The number of thioether (sulfide) groups is 1. The molecule has 0 aromatic carbocycles. The van der Waals surface area contributed by atoms with E-state index in [1.807, 2.05) is 11.8 Å². The average molecular weight is 399 g/mol. The zero-order valence-electron chi connectivity index (χ0n) is 17.9. The van der Waals surface area contributed by atoms with Crippen molar-refractivity contribution in [2.24, 2.45) is 5.92 Å². The van der Waals surface area contributed by atoms with E-state index in [1.165, 1.54) is 44.1 Å². The van der Waals surface area contributed by atoms with Crippen LogP contribution >= 0.6 is 11.8 Å². The van der Waals surface area contributed by atoms with Crippen molar-refractivity contribution in [3.05, 3.63) is 11.6 Å². The van der Waals surface area contributed by atoms with Crippen molar-refractivity contribution in [3.63, 3.8) is 0 Å². The second-order valence-electron chi connectivity index (χ2n) is 8.35. The number of ether oxygens (including phenoxy) is 1. The number of hydrogen-bond acceptors (Lipinski definition) is 4. The molecule has 1 N–H and O–H groups in total. The van der Waals surface area contributed by atoms with Gasteiger partial charge in [0.1, 0.15) is 0 Å². The molecule has 3 nitrogen and oxygen atoms in total. The lowest BCUT2D eigenvalue weighted by atomic mass is 9.82. The summed E-state index contributed by atoms with van der Waals surface area (Å²) in [5.74, 6) is 1.47. The average Bonchev–Trinajstić information content (AvgIpc) is 2.65. The van der Waals surface area contributed by atoms with Gasteiger partial charge >= 0.3 is 5.97 Å². The minimum Gasteiger partial charge on any atom is -0.466 e. The summed E-state index contributed by atoms with van der Waals surface area (Å²) >= 11 is 1.98. The minimum atomic E-state index is -0.0343. The number of aliphatic hydroxyl groups is 1. The molecule has 158 valence electrons. The van der Waals surface area contributed by atoms with E-state index in [-0.39, 0.29) is 5.97 Å². The summed E-state index contributed by atoms with van der Waals surface area (Å²) in [6, 6.07) is 0. The van der Waals surface area contributed by atoms with Gasteiger partial charge in [-0.25, -0.2) is 0 Å². The lowest BCUT2D eigenvalue weighted by Gasteiger charge is -2.39. The molecule has 1 unspecified atom stereocenters. The molecule has 0 fully saturated rings. The summed E-state index contributed by atoms with van der Waals surface area (Å²) in [6.07, 6.45) is 15.6. The van der Waals surface area contributed by atoms with Gasteiger partial charge in [0.25, 0.3) is 0 Å². The summed E-state index contributed by atoms with van der Waals surface area (Å²) < 4.78 is 5.71. The summed E-state index contributed by atoms with van der Waals surface area (Å²) in [5, 5.41) is 8.73. The Labute approximate surface area is 171 Å². The highest BCUT2D eigenvalue weighted by atomic mass is 32.2. The van der Waals surface area contributed by atoms with E-state index in [9.17, 15) is 4.79 Å². The molecule has 0 saturated carbocycles. The number of rotatable bonds is 15. The van der Waals surface area contributed by atoms with Gasteiger partial charge in [-0.05, 0) is 44.9 Å². The maximum absolute atomic E-state index is 12.0. The van der Waals surface area contributed by atoms with Crippen LogP contribution in [0.4, 0.5) is 0 Å². The Hall–Kier alpha value is -0.480.